The van der Waals surface area contributed by atoms with Crippen molar-refractivity contribution in [3.05, 3.63) is 83.4 Å². The SMILES string of the molecule is COc1ccccc1S(=O)(=O)Nc1cccc(O[C@@H]2CN(C(=O)c3cc(C)ccc3C)C[C@H]2OC(F)F)c1. The molecule has 202 valence electrons. The molecule has 3 aromatic carbocycles. The first-order chi connectivity index (χ1) is 18.1. The van der Waals surface area contributed by atoms with Crippen LogP contribution in [-0.2, 0) is 14.8 Å². The molecule has 0 saturated carbocycles. The molecule has 0 unspecified atom stereocenters. The van der Waals surface area contributed by atoms with Crippen LogP contribution in [0.25, 0.3) is 0 Å². The van der Waals surface area contributed by atoms with Gasteiger partial charge >= 0.3 is 6.61 Å². The smallest absolute Gasteiger partial charge is 0.345 e. The van der Waals surface area contributed by atoms with Crippen LogP contribution in [0.3, 0.4) is 0 Å². The van der Waals surface area contributed by atoms with Crippen molar-refractivity contribution in [2.45, 2.75) is 37.6 Å². The van der Waals surface area contributed by atoms with Crippen molar-refractivity contribution in [3.63, 3.8) is 0 Å². The van der Waals surface area contributed by atoms with Crippen molar-refractivity contribution < 1.29 is 36.2 Å². The minimum atomic E-state index is -3.99. The molecule has 0 spiro atoms. The van der Waals surface area contributed by atoms with E-state index in [2.05, 4.69) is 4.72 Å². The Bertz CT molecular complexity index is 1420. The number of hydrogen-bond acceptors (Lipinski definition) is 6. The summed E-state index contributed by atoms with van der Waals surface area (Å²) in [6.45, 7) is 0.550. The molecule has 3 aromatic rings. The summed E-state index contributed by atoms with van der Waals surface area (Å²) in [6, 6.07) is 17.7. The molecule has 1 aliphatic rings. The van der Waals surface area contributed by atoms with E-state index in [1.807, 2.05) is 19.1 Å². The van der Waals surface area contributed by atoms with E-state index in [0.29, 0.717) is 5.56 Å². The molecule has 4 rings (SSSR count). The number of sulfonamides is 1. The first kappa shape index (κ1) is 27.3. The van der Waals surface area contributed by atoms with Crippen LogP contribution < -0.4 is 14.2 Å². The van der Waals surface area contributed by atoms with Crippen molar-refractivity contribution in [2.75, 3.05) is 24.9 Å². The number of nitrogens with zero attached hydrogens (tertiary/aromatic N) is 1. The zero-order valence-electron chi connectivity index (χ0n) is 21.1. The lowest BCUT2D eigenvalue weighted by Gasteiger charge is -2.20. The Morgan fingerprint density at radius 1 is 1.00 bits per heavy atom. The summed E-state index contributed by atoms with van der Waals surface area (Å²) in [6.07, 6.45) is -1.99. The van der Waals surface area contributed by atoms with E-state index in [1.165, 1.54) is 36.3 Å². The second-order valence-corrected chi connectivity index (χ2v) is 10.6. The lowest BCUT2D eigenvalue weighted by atomic mass is 10.0. The second-order valence-electron chi connectivity index (χ2n) is 8.90. The van der Waals surface area contributed by atoms with Gasteiger partial charge in [-0.3, -0.25) is 9.52 Å². The highest BCUT2D eigenvalue weighted by atomic mass is 32.2. The fourth-order valence-electron chi connectivity index (χ4n) is 4.28. The molecule has 8 nitrogen and oxygen atoms in total. The van der Waals surface area contributed by atoms with Crippen molar-refractivity contribution in [2.24, 2.45) is 0 Å². The molecule has 1 fully saturated rings. The van der Waals surface area contributed by atoms with Crippen LogP contribution in [0.2, 0.25) is 0 Å². The van der Waals surface area contributed by atoms with Gasteiger partial charge in [-0.15, -0.1) is 0 Å². The largest absolute Gasteiger partial charge is 0.495 e. The first-order valence-electron chi connectivity index (χ1n) is 11.8. The minimum absolute atomic E-state index is 0.0147. The number of likely N-dealkylation sites (tertiary alicyclic amines) is 1. The Morgan fingerprint density at radius 2 is 1.74 bits per heavy atom. The van der Waals surface area contributed by atoms with E-state index in [0.717, 1.165) is 11.1 Å². The molecule has 2 atom stereocenters. The Labute approximate surface area is 220 Å². The van der Waals surface area contributed by atoms with E-state index < -0.39 is 28.8 Å². The standard InChI is InChI=1S/C27H28F2N2O6S/c1-17-11-12-18(2)21(13-17)26(32)31-15-23(24(16-31)37-27(28)29)36-20-8-6-7-19(14-20)30-38(33,34)25-10-5-4-9-22(25)35-3/h4-14,23-24,27,30H,15-16H2,1-3H3/t23-,24-/m1/s1. The summed E-state index contributed by atoms with van der Waals surface area (Å²) in [5.41, 5.74) is 2.35. The molecule has 1 aliphatic heterocycles. The number of carbonyl (C=O) groups is 1. The molecule has 1 heterocycles. The van der Waals surface area contributed by atoms with E-state index in [9.17, 15) is 22.0 Å². The zero-order valence-corrected chi connectivity index (χ0v) is 21.9. The predicted molar refractivity (Wildman–Crippen MR) is 137 cm³/mol. The maximum absolute atomic E-state index is 13.2. The number of benzene rings is 3. The average molecular weight is 547 g/mol. The van der Waals surface area contributed by atoms with Crippen LogP contribution in [-0.4, -0.2) is 58.2 Å². The summed E-state index contributed by atoms with van der Waals surface area (Å²) in [5, 5.41) is 0. The van der Waals surface area contributed by atoms with Gasteiger partial charge in [0.2, 0.25) is 0 Å². The maximum atomic E-state index is 13.2. The van der Waals surface area contributed by atoms with Gasteiger partial charge in [-0.05, 0) is 49.7 Å². The van der Waals surface area contributed by atoms with Crippen molar-refractivity contribution >= 4 is 21.6 Å². The van der Waals surface area contributed by atoms with Crippen molar-refractivity contribution in [1.82, 2.24) is 4.90 Å². The molecule has 0 radical (unpaired) electrons. The molecule has 0 aromatic heterocycles. The molecule has 0 bridgehead atoms. The fourth-order valence-corrected chi connectivity index (χ4v) is 5.50. The molecule has 0 aliphatic carbocycles. The van der Waals surface area contributed by atoms with Crippen LogP contribution in [0.15, 0.2) is 71.6 Å². The van der Waals surface area contributed by atoms with Gasteiger partial charge in [0.05, 0.1) is 25.9 Å². The van der Waals surface area contributed by atoms with Gasteiger partial charge in [0.15, 0.2) is 0 Å². The molecule has 38 heavy (non-hydrogen) atoms. The van der Waals surface area contributed by atoms with Gasteiger partial charge in [-0.2, -0.15) is 8.78 Å². The highest BCUT2D eigenvalue weighted by Crippen LogP contribution is 2.29. The highest BCUT2D eigenvalue weighted by Gasteiger charge is 2.40. The summed E-state index contributed by atoms with van der Waals surface area (Å²) in [7, 11) is -2.62. The van der Waals surface area contributed by atoms with Crippen LogP contribution in [0.5, 0.6) is 11.5 Å². The predicted octanol–water partition coefficient (Wildman–Crippen LogP) is 4.62. The summed E-state index contributed by atoms with van der Waals surface area (Å²) < 4.78 is 70.6. The highest BCUT2D eigenvalue weighted by molar-refractivity contribution is 7.92. The monoisotopic (exact) mass is 546 g/mol. The van der Waals surface area contributed by atoms with Crippen LogP contribution in [0, 0.1) is 13.8 Å². The number of para-hydroxylation sites is 1. The number of alkyl halides is 2. The van der Waals surface area contributed by atoms with Gasteiger partial charge in [-0.1, -0.05) is 35.9 Å². The summed E-state index contributed by atoms with van der Waals surface area (Å²) in [4.78, 5) is 14.6. The van der Waals surface area contributed by atoms with E-state index in [4.69, 9.17) is 14.2 Å². The van der Waals surface area contributed by atoms with Crippen molar-refractivity contribution in [1.29, 1.82) is 0 Å². The maximum Gasteiger partial charge on any atom is 0.345 e. The lowest BCUT2D eigenvalue weighted by Crippen LogP contribution is -2.34. The Hall–Kier alpha value is -3.70. The van der Waals surface area contributed by atoms with Gasteiger partial charge in [0.25, 0.3) is 15.9 Å². The van der Waals surface area contributed by atoms with E-state index >= 15 is 0 Å². The van der Waals surface area contributed by atoms with Crippen molar-refractivity contribution in [3.8, 4) is 11.5 Å². The van der Waals surface area contributed by atoms with Crippen LogP contribution in [0.4, 0.5) is 14.5 Å². The summed E-state index contributed by atoms with van der Waals surface area (Å²) >= 11 is 0. The Kier molecular flexibility index (Phi) is 8.17. The molecule has 1 N–H and O–H groups in total. The lowest BCUT2D eigenvalue weighted by molar-refractivity contribution is -0.173. The van der Waals surface area contributed by atoms with Gasteiger partial charge < -0.3 is 19.1 Å². The van der Waals surface area contributed by atoms with Gasteiger partial charge in [0.1, 0.15) is 28.6 Å². The van der Waals surface area contributed by atoms with Crippen LogP contribution >= 0.6 is 0 Å². The summed E-state index contributed by atoms with van der Waals surface area (Å²) in [5.74, 6) is 0.0940. The number of hydrogen-bond donors (Lipinski definition) is 1. The Balaban J connectivity index is 1.53. The first-order valence-corrected chi connectivity index (χ1v) is 13.3. The molecule has 1 amide bonds. The number of ether oxygens (including phenoxy) is 3. The third kappa shape index (κ3) is 6.22. The Morgan fingerprint density at radius 3 is 2.47 bits per heavy atom. The van der Waals surface area contributed by atoms with E-state index in [1.54, 1.807) is 37.3 Å². The number of methoxy groups -OCH3 is 1. The normalized spacial score (nSPS) is 17.5. The fraction of sp³-hybridized carbons (Fsp3) is 0.296. The number of carbonyl (C=O) groups excluding carboxylic acids is 1. The molecule has 1 saturated heterocycles. The molecule has 11 heteroatoms. The number of nitrogens with one attached hydrogen (secondary N) is 1. The number of anilines is 1. The number of rotatable bonds is 9. The van der Waals surface area contributed by atoms with E-state index in [-0.39, 0.29) is 41.1 Å². The average Bonchev–Trinajstić information content (AvgIpc) is 3.26. The third-order valence-corrected chi connectivity index (χ3v) is 7.56. The minimum Gasteiger partial charge on any atom is -0.495 e. The number of aryl methyl sites for hydroxylation is 2. The van der Waals surface area contributed by atoms with Gasteiger partial charge in [-0.25, -0.2) is 8.42 Å². The topological polar surface area (TPSA) is 94.2 Å². The quantitative estimate of drug-likeness (QED) is 0.421. The second kappa shape index (κ2) is 11.4. The van der Waals surface area contributed by atoms with Gasteiger partial charge in [0, 0.05) is 11.6 Å². The zero-order chi connectivity index (χ0) is 27.4. The number of amides is 1. The van der Waals surface area contributed by atoms with Crippen LogP contribution in [0.1, 0.15) is 21.5 Å². The third-order valence-electron chi connectivity index (χ3n) is 6.14. The molecular formula is C27H28F2N2O6S. The molecular weight excluding hydrogens is 518 g/mol. The number of halogens is 2.